The van der Waals surface area contributed by atoms with Gasteiger partial charge >= 0.3 is 6.01 Å². The summed E-state index contributed by atoms with van der Waals surface area (Å²) >= 11 is 0. The molecule has 0 unspecified atom stereocenters. The Balaban J connectivity index is 1.99. The van der Waals surface area contributed by atoms with Crippen molar-refractivity contribution < 1.29 is 19.7 Å². The van der Waals surface area contributed by atoms with Gasteiger partial charge in [0.15, 0.2) is 5.79 Å². The van der Waals surface area contributed by atoms with Crippen LogP contribution >= 0.6 is 0 Å². The number of aryl methyl sites for hydroxylation is 1. The third kappa shape index (κ3) is 1.42. The van der Waals surface area contributed by atoms with Crippen molar-refractivity contribution in [2.24, 2.45) is 0 Å². The number of ether oxygens (including phenoxy) is 2. The third-order valence-corrected chi connectivity index (χ3v) is 3.06. The van der Waals surface area contributed by atoms with Gasteiger partial charge in [-0.05, 0) is 6.42 Å². The van der Waals surface area contributed by atoms with Crippen LogP contribution in [0.4, 0.5) is 0 Å². The molecule has 3 rings (SSSR count). The molecule has 6 heteroatoms. The van der Waals surface area contributed by atoms with E-state index in [1.807, 2.05) is 0 Å². The molecule has 2 heterocycles. The molecule has 2 N–H and O–H groups in total. The Labute approximate surface area is 91.9 Å². The number of hydrogen-bond acceptors (Lipinski definition) is 6. The number of hydrogen-bond donors (Lipinski definition) is 2. The van der Waals surface area contributed by atoms with E-state index in [-0.39, 0.29) is 11.9 Å². The molecular formula is C10H12N2O4. The Morgan fingerprint density at radius 1 is 1.12 bits per heavy atom. The van der Waals surface area contributed by atoms with Gasteiger partial charge in [-0.15, -0.1) is 0 Å². The van der Waals surface area contributed by atoms with Crippen molar-refractivity contribution in [2.45, 2.75) is 25.0 Å². The summed E-state index contributed by atoms with van der Waals surface area (Å²) in [6.45, 7) is 1.16. The van der Waals surface area contributed by atoms with Gasteiger partial charge in [-0.3, -0.25) is 0 Å². The molecule has 0 aromatic carbocycles. The van der Waals surface area contributed by atoms with Crippen molar-refractivity contribution >= 4 is 0 Å². The number of rotatable bonds is 0. The molecule has 0 saturated carbocycles. The van der Waals surface area contributed by atoms with Crippen LogP contribution in [-0.2, 0) is 22.3 Å². The lowest BCUT2D eigenvalue weighted by Crippen LogP contribution is -2.37. The van der Waals surface area contributed by atoms with Gasteiger partial charge in [-0.1, -0.05) is 0 Å². The maximum absolute atomic E-state index is 9.66. The van der Waals surface area contributed by atoms with Crippen LogP contribution in [0, 0.1) is 0 Å². The number of aromatic hydroxyl groups is 2. The first kappa shape index (κ1) is 9.80. The van der Waals surface area contributed by atoms with E-state index in [2.05, 4.69) is 9.97 Å². The molecule has 1 aliphatic heterocycles. The molecule has 1 spiro atoms. The van der Waals surface area contributed by atoms with Crippen LogP contribution in [-0.4, -0.2) is 39.2 Å². The highest BCUT2D eigenvalue weighted by molar-refractivity contribution is 5.34. The van der Waals surface area contributed by atoms with Crippen molar-refractivity contribution in [1.29, 1.82) is 0 Å². The van der Waals surface area contributed by atoms with E-state index < -0.39 is 5.79 Å². The number of fused-ring (bicyclic) bond motifs is 1. The minimum absolute atomic E-state index is 0.180. The zero-order valence-electron chi connectivity index (χ0n) is 8.64. The zero-order chi connectivity index (χ0) is 11.2. The molecule has 2 aliphatic rings. The second-order valence-electron chi connectivity index (χ2n) is 4.06. The number of nitrogens with zero attached hydrogens (tertiary/aromatic N) is 2. The van der Waals surface area contributed by atoms with Crippen LogP contribution in [0.15, 0.2) is 0 Å². The topological polar surface area (TPSA) is 84.7 Å². The molecule has 16 heavy (non-hydrogen) atoms. The SMILES string of the molecule is Oc1nc(O)c2c(n1)CCC1(C2)OCCO1. The Kier molecular flexibility index (Phi) is 2.02. The minimum Gasteiger partial charge on any atom is -0.493 e. The lowest BCUT2D eigenvalue weighted by molar-refractivity contribution is -0.164. The summed E-state index contributed by atoms with van der Waals surface area (Å²) in [4.78, 5) is 7.43. The zero-order valence-corrected chi connectivity index (χ0v) is 8.64. The van der Waals surface area contributed by atoms with Crippen molar-refractivity contribution in [1.82, 2.24) is 9.97 Å². The highest BCUT2D eigenvalue weighted by atomic mass is 16.7. The van der Waals surface area contributed by atoms with E-state index >= 15 is 0 Å². The molecule has 0 radical (unpaired) electrons. The average Bonchev–Trinajstić information content (AvgIpc) is 2.68. The molecule has 0 amide bonds. The van der Waals surface area contributed by atoms with Gasteiger partial charge in [0.1, 0.15) is 0 Å². The molecule has 1 aliphatic carbocycles. The van der Waals surface area contributed by atoms with E-state index in [9.17, 15) is 10.2 Å². The minimum atomic E-state index is -0.620. The van der Waals surface area contributed by atoms with Crippen molar-refractivity contribution in [2.75, 3.05) is 13.2 Å². The molecular weight excluding hydrogens is 212 g/mol. The highest BCUT2D eigenvalue weighted by Crippen LogP contribution is 2.37. The van der Waals surface area contributed by atoms with Gasteiger partial charge in [-0.2, -0.15) is 9.97 Å². The van der Waals surface area contributed by atoms with Gasteiger partial charge in [0.25, 0.3) is 0 Å². The van der Waals surface area contributed by atoms with Crippen molar-refractivity contribution in [3.8, 4) is 11.9 Å². The van der Waals surface area contributed by atoms with Gasteiger partial charge in [0.2, 0.25) is 5.88 Å². The Morgan fingerprint density at radius 3 is 2.62 bits per heavy atom. The van der Waals surface area contributed by atoms with Crippen molar-refractivity contribution in [3.05, 3.63) is 11.3 Å². The lowest BCUT2D eigenvalue weighted by Gasteiger charge is -2.32. The first-order valence-corrected chi connectivity index (χ1v) is 5.24. The van der Waals surface area contributed by atoms with E-state index in [1.165, 1.54) is 0 Å². The molecule has 1 saturated heterocycles. The summed E-state index contributed by atoms with van der Waals surface area (Å²) in [5, 5.41) is 18.8. The van der Waals surface area contributed by atoms with Crippen LogP contribution in [0.3, 0.4) is 0 Å². The van der Waals surface area contributed by atoms with Gasteiger partial charge in [-0.25, -0.2) is 0 Å². The normalized spacial score (nSPS) is 22.2. The maximum Gasteiger partial charge on any atom is 0.317 e. The fourth-order valence-corrected chi connectivity index (χ4v) is 2.30. The predicted molar refractivity (Wildman–Crippen MR) is 52.0 cm³/mol. The lowest BCUT2D eigenvalue weighted by atomic mass is 9.91. The number of aromatic nitrogens is 2. The highest BCUT2D eigenvalue weighted by Gasteiger charge is 2.41. The molecule has 1 fully saturated rings. The molecule has 1 aromatic rings. The second kappa shape index (κ2) is 3.29. The Hall–Kier alpha value is -1.40. The molecule has 6 nitrogen and oxygen atoms in total. The standard InChI is InChI=1S/C10H12N2O4/c13-8-6-5-10(15-3-4-16-10)2-1-7(6)11-9(14)12-8/h1-5H2,(H2,11,12,13,14). The molecule has 1 aromatic heterocycles. The summed E-state index contributed by atoms with van der Waals surface area (Å²) in [5.74, 6) is -0.800. The first-order valence-electron chi connectivity index (χ1n) is 5.24. The second-order valence-corrected chi connectivity index (χ2v) is 4.06. The fourth-order valence-electron chi connectivity index (χ4n) is 2.30. The maximum atomic E-state index is 9.66. The summed E-state index contributed by atoms with van der Waals surface area (Å²) in [7, 11) is 0. The Bertz CT molecular complexity index is 429. The van der Waals surface area contributed by atoms with Gasteiger partial charge in [0, 0.05) is 18.4 Å². The van der Waals surface area contributed by atoms with Gasteiger partial charge in [0.05, 0.1) is 18.9 Å². The summed E-state index contributed by atoms with van der Waals surface area (Å²) in [6.07, 6.45) is 1.74. The van der Waals surface area contributed by atoms with E-state index in [0.717, 1.165) is 0 Å². The first-order chi connectivity index (χ1) is 7.69. The fraction of sp³-hybridized carbons (Fsp3) is 0.600. The predicted octanol–water partition coefficient (Wildman–Crippen LogP) is 0.120. The van der Waals surface area contributed by atoms with E-state index in [1.54, 1.807) is 0 Å². The van der Waals surface area contributed by atoms with Gasteiger partial charge < -0.3 is 19.7 Å². The van der Waals surface area contributed by atoms with E-state index in [0.29, 0.717) is 43.7 Å². The van der Waals surface area contributed by atoms with Crippen LogP contribution in [0.25, 0.3) is 0 Å². The average molecular weight is 224 g/mol. The van der Waals surface area contributed by atoms with Crippen LogP contribution in [0.1, 0.15) is 17.7 Å². The molecule has 0 atom stereocenters. The summed E-state index contributed by atoms with van der Waals surface area (Å²) in [5.41, 5.74) is 1.29. The summed E-state index contributed by atoms with van der Waals surface area (Å²) < 4.78 is 11.1. The van der Waals surface area contributed by atoms with Crippen LogP contribution in [0.5, 0.6) is 11.9 Å². The monoisotopic (exact) mass is 224 g/mol. The van der Waals surface area contributed by atoms with Crippen LogP contribution < -0.4 is 0 Å². The third-order valence-electron chi connectivity index (χ3n) is 3.06. The largest absolute Gasteiger partial charge is 0.493 e. The Morgan fingerprint density at radius 2 is 1.88 bits per heavy atom. The molecule has 0 bridgehead atoms. The molecule has 86 valence electrons. The van der Waals surface area contributed by atoms with Crippen molar-refractivity contribution in [3.63, 3.8) is 0 Å². The van der Waals surface area contributed by atoms with Crippen LogP contribution in [0.2, 0.25) is 0 Å². The summed E-state index contributed by atoms with van der Waals surface area (Å²) in [6, 6.07) is -0.388. The quantitative estimate of drug-likeness (QED) is 0.651. The van der Waals surface area contributed by atoms with E-state index in [4.69, 9.17) is 9.47 Å². The smallest absolute Gasteiger partial charge is 0.317 e.